The number of benzene rings is 3. The predicted molar refractivity (Wildman–Crippen MR) is 124 cm³/mol. The highest BCUT2D eigenvalue weighted by molar-refractivity contribution is 6.34. The standard InChI is InChI=1S/C25H21N3O6/c1-2-33-18-9-7-17(8-10-18)28-24(31)20-11-6-15(12-21(20)25(28)32)23(30)27-16-4-3-5-19(13-16)34-14-22(26)29/h3-13H,2,14H2,1H3,(H2,26,29)(H,27,30). The van der Waals surface area contributed by atoms with Crippen LogP contribution in [0.3, 0.4) is 0 Å². The van der Waals surface area contributed by atoms with E-state index in [9.17, 15) is 19.2 Å². The number of nitrogens with zero attached hydrogens (tertiary/aromatic N) is 1. The normalized spacial score (nSPS) is 12.3. The molecule has 4 amide bonds. The highest BCUT2D eigenvalue weighted by atomic mass is 16.5. The van der Waals surface area contributed by atoms with E-state index in [1.54, 1.807) is 42.5 Å². The first-order valence-electron chi connectivity index (χ1n) is 10.5. The largest absolute Gasteiger partial charge is 0.494 e. The van der Waals surface area contributed by atoms with E-state index in [2.05, 4.69) is 5.32 Å². The maximum atomic E-state index is 13.0. The van der Waals surface area contributed by atoms with Crippen molar-refractivity contribution in [1.82, 2.24) is 0 Å². The number of hydrogen-bond acceptors (Lipinski definition) is 6. The molecule has 3 aromatic carbocycles. The van der Waals surface area contributed by atoms with Crippen molar-refractivity contribution in [3.05, 3.63) is 83.4 Å². The summed E-state index contributed by atoms with van der Waals surface area (Å²) in [6, 6.07) is 17.4. The number of carbonyl (C=O) groups excluding carboxylic acids is 4. The lowest BCUT2D eigenvalue weighted by atomic mass is 10.1. The Hall–Kier alpha value is -4.66. The lowest BCUT2D eigenvalue weighted by Crippen LogP contribution is -2.29. The molecule has 0 fully saturated rings. The molecule has 3 aromatic rings. The van der Waals surface area contributed by atoms with Crippen LogP contribution in [0.2, 0.25) is 0 Å². The molecule has 9 heteroatoms. The van der Waals surface area contributed by atoms with Gasteiger partial charge in [-0.3, -0.25) is 19.2 Å². The Bertz CT molecular complexity index is 1290. The second-order valence-electron chi connectivity index (χ2n) is 7.37. The smallest absolute Gasteiger partial charge is 0.266 e. The number of ether oxygens (including phenoxy) is 2. The molecule has 0 aliphatic carbocycles. The molecule has 1 aliphatic heterocycles. The van der Waals surface area contributed by atoms with Gasteiger partial charge in [0.05, 0.1) is 23.4 Å². The summed E-state index contributed by atoms with van der Waals surface area (Å²) in [6.07, 6.45) is 0. The number of nitrogens with two attached hydrogens (primary N) is 1. The summed E-state index contributed by atoms with van der Waals surface area (Å²) < 4.78 is 10.6. The number of anilines is 2. The van der Waals surface area contributed by atoms with Crippen LogP contribution in [-0.2, 0) is 4.79 Å². The van der Waals surface area contributed by atoms with Gasteiger partial charge in [0.25, 0.3) is 23.6 Å². The zero-order valence-corrected chi connectivity index (χ0v) is 18.2. The van der Waals surface area contributed by atoms with E-state index in [1.165, 1.54) is 24.3 Å². The lowest BCUT2D eigenvalue weighted by molar-refractivity contribution is -0.119. The van der Waals surface area contributed by atoms with E-state index in [4.69, 9.17) is 15.2 Å². The van der Waals surface area contributed by atoms with Gasteiger partial charge in [-0.1, -0.05) is 6.07 Å². The first-order chi connectivity index (χ1) is 16.4. The number of nitrogens with one attached hydrogen (secondary N) is 1. The molecular formula is C25H21N3O6. The Labute approximate surface area is 195 Å². The van der Waals surface area contributed by atoms with Gasteiger partial charge in [-0.15, -0.1) is 0 Å². The van der Waals surface area contributed by atoms with E-state index < -0.39 is 23.6 Å². The van der Waals surface area contributed by atoms with Crippen molar-refractivity contribution >= 4 is 35.0 Å². The van der Waals surface area contributed by atoms with Gasteiger partial charge < -0.3 is 20.5 Å². The molecule has 0 bridgehead atoms. The summed E-state index contributed by atoms with van der Waals surface area (Å²) >= 11 is 0. The fraction of sp³-hybridized carbons (Fsp3) is 0.120. The molecule has 4 rings (SSSR count). The highest BCUT2D eigenvalue weighted by Crippen LogP contribution is 2.30. The SMILES string of the molecule is CCOc1ccc(N2C(=O)c3ccc(C(=O)Nc4cccc(OCC(N)=O)c4)cc3C2=O)cc1. The molecule has 0 radical (unpaired) electrons. The van der Waals surface area contributed by atoms with Crippen molar-refractivity contribution in [2.45, 2.75) is 6.92 Å². The van der Waals surface area contributed by atoms with Crippen LogP contribution in [0, 0.1) is 0 Å². The zero-order valence-electron chi connectivity index (χ0n) is 18.2. The molecule has 172 valence electrons. The monoisotopic (exact) mass is 459 g/mol. The Morgan fingerprint density at radius 2 is 1.62 bits per heavy atom. The number of hydrogen-bond donors (Lipinski definition) is 2. The maximum Gasteiger partial charge on any atom is 0.266 e. The van der Waals surface area contributed by atoms with E-state index in [0.29, 0.717) is 29.5 Å². The van der Waals surface area contributed by atoms with Crippen LogP contribution >= 0.6 is 0 Å². The third-order valence-electron chi connectivity index (χ3n) is 5.03. The average molecular weight is 459 g/mol. The summed E-state index contributed by atoms with van der Waals surface area (Å²) in [7, 11) is 0. The van der Waals surface area contributed by atoms with Crippen LogP contribution in [0.4, 0.5) is 11.4 Å². The van der Waals surface area contributed by atoms with Crippen LogP contribution < -0.4 is 25.4 Å². The van der Waals surface area contributed by atoms with E-state index in [-0.39, 0.29) is 23.3 Å². The van der Waals surface area contributed by atoms with Crippen molar-refractivity contribution < 1.29 is 28.7 Å². The molecule has 0 saturated carbocycles. The van der Waals surface area contributed by atoms with E-state index in [0.717, 1.165) is 4.90 Å². The first kappa shape index (κ1) is 22.5. The molecule has 0 unspecified atom stereocenters. The maximum absolute atomic E-state index is 13.0. The van der Waals surface area contributed by atoms with Gasteiger partial charge in [0.15, 0.2) is 6.61 Å². The second kappa shape index (κ2) is 9.45. The van der Waals surface area contributed by atoms with Crippen molar-refractivity contribution in [3.8, 4) is 11.5 Å². The molecule has 9 nitrogen and oxygen atoms in total. The van der Waals surface area contributed by atoms with Gasteiger partial charge in [0, 0.05) is 17.3 Å². The Morgan fingerprint density at radius 3 is 2.32 bits per heavy atom. The number of carbonyl (C=O) groups is 4. The quantitative estimate of drug-likeness (QED) is 0.499. The van der Waals surface area contributed by atoms with Crippen LogP contribution in [-0.4, -0.2) is 36.8 Å². The van der Waals surface area contributed by atoms with Crippen LogP contribution in [0.5, 0.6) is 11.5 Å². The van der Waals surface area contributed by atoms with Gasteiger partial charge in [0.2, 0.25) is 0 Å². The Morgan fingerprint density at radius 1 is 0.882 bits per heavy atom. The summed E-state index contributed by atoms with van der Waals surface area (Å²) in [4.78, 5) is 50.6. The minimum Gasteiger partial charge on any atom is -0.494 e. The predicted octanol–water partition coefficient (Wildman–Crippen LogP) is 3.00. The molecule has 1 aliphatic rings. The topological polar surface area (TPSA) is 128 Å². The van der Waals surface area contributed by atoms with Gasteiger partial charge >= 0.3 is 0 Å². The minimum absolute atomic E-state index is 0.144. The van der Waals surface area contributed by atoms with Gasteiger partial charge in [-0.05, 0) is 61.5 Å². The van der Waals surface area contributed by atoms with E-state index in [1.807, 2.05) is 6.92 Å². The van der Waals surface area contributed by atoms with Crippen LogP contribution in [0.1, 0.15) is 38.0 Å². The molecule has 1 heterocycles. The number of imide groups is 1. The third kappa shape index (κ3) is 4.58. The fourth-order valence-corrected chi connectivity index (χ4v) is 3.50. The molecule has 0 spiro atoms. The van der Waals surface area contributed by atoms with Crippen molar-refractivity contribution in [2.75, 3.05) is 23.4 Å². The van der Waals surface area contributed by atoms with Crippen LogP contribution in [0.25, 0.3) is 0 Å². The van der Waals surface area contributed by atoms with Gasteiger partial charge in [0.1, 0.15) is 11.5 Å². The number of fused-ring (bicyclic) bond motifs is 1. The Kier molecular flexibility index (Phi) is 6.26. The summed E-state index contributed by atoms with van der Waals surface area (Å²) in [5.41, 5.74) is 6.47. The fourth-order valence-electron chi connectivity index (χ4n) is 3.50. The minimum atomic E-state index is -0.619. The highest BCUT2D eigenvalue weighted by Gasteiger charge is 2.37. The van der Waals surface area contributed by atoms with Gasteiger partial charge in [-0.25, -0.2) is 4.90 Å². The second-order valence-corrected chi connectivity index (χ2v) is 7.37. The first-order valence-corrected chi connectivity index (χ1v) is 10.5. The summed E-state index contributed by atoms with van der Waals surface area (Å²) in [5, 5.41) is 2.71. The number of amides is 4. The molecule has 3 N–H and O–H groups in total. The van der Waals surface area contributed by atoms with Gasteiger partial charge in [-0.2, -0.15) is 0 Å². The summed E-state index contributed by atoms with van der Waals surface area (Å²) in [5.74, 6) is -1.08. The Balaban J connectivity index is 1.52. The average Bonchev–Trinajstić information content (AvgIpc) is 3.08. The lowest BCUT2D eigenvalue weighted by Gasteiger charge is -2.14. The third-order valence-corrected chi connectivity index (χ3v) is 5.03. The molecule has 0 atom stereocenters. The van der Waals surface area contributed by atoms with E-state index >= 15 is 0 Å². The van der Waals surface area contributed by atoms with Crippen molar-refractivity contribution in [2.24, 2.45) is 5.73 Å². The molecular weight excluding hydrogens is 438 g/mol. The zero-order chi connectivity index (χ0) is 24.2. The summed E-state index contributed by atoms with van der Waals surface area (Å²) in [6.45, 7) is 2.07. The molecule has 34 heavy (non-hydrogen) atoms. The number of primary amides is 1. The number of rotatable bonds is 8. The van der Waals surface area contributed by atoms with Crippen molar-refractivity contribution in [1.29, 1.82) is 0 Å². The molecule has 0 aromatic heterocycles. The van der Waals surface area contributed by atoms with Crippen LogP contribution in [0.15, 0.2) is 66.7 Å². The van der Waals surface area contributed by atoms with Crippen molar-refractivity contribution in [3.63, 3.8) is 0 Å². The molecule has 0 saturated heterocycles.